The Labute approximate surface area is 122 Å². The summed E-state index contributed by atoms with van der Waals surface area (Å²) in [4.78, 5) is 10.7. The number of carboxylic acids is 1. The van der Waals surface area contributed by atoms with E-state index in [-0.39, 0.29) is 5.56 Å². The fourth-order valence-corrected chi connectivity index (χ4v) is 1.75. The van der Waals surface area contributed by atoms with Crippen molar-refractivity contribution in [1.82, 2.24) is 0 Å². The maximum Gasteiger partial charge on any atom is 0.335 e. The first-order valence-corrected chi connectivity index (χ1v) is 6.48. The van der Waals surface area contributed by atoms with Gasteiger partial charge in [0.15, 0.2) is 0 Å². The molecule has 0 spiro atoms. The second-order valence-corrected chi connectivity index (χ2v) is 4.55. The summed E-state index contributed by atoms with van der Waals surface area (Å²) in [6.07, 6.45) is 0. The van der Waals surface area contributed by atoms with Gasteiger partial charge in [-0.2, -0.15) is 0 Å². The lowest BCUT2D eigenvalue weighted by molar-refractivity contribution is 0.0697. The van der Waals surface area contributed by atoms with Gasteiger partial charge in [-0.3, -0.25) is 0 Å². The van der Waals surface area contributed by atoms with Crippen LogP contribution in [0.4, 0.5) is 5.69 Å². The molecule has 2 aromatic carbocycles. The number of hydrogen-bond donors (Lipinski definition) is 2. The third-order valence-electron chi connectivity index (χ3n) is 2.65. The van der Waals surface area contributed by atoms with Gasteiger partial charge in [0, 0.05) is 17.3 Å². The number of aromatic carboxylic acids is 1. The van der Waals surface area contributed by atoms with Crippen molar-refractivity contribution in [2.24, 2.45) is 0 Å². The number of anilines is 1. The summed E-state index contributed by atoms with van der Waals surface area (Å²) >= 11 is 5.78. The van der Waals surface area contributed by atoms with E-state index in [9.17, 15) is 4.79 Å². The van der Waals surface area contributed by atoms with Crippen molar-refractivity contribution in [2.45, 2.75) is 0 Å². The summed E-state index contributed by atoms with van der Waals surface area (Å²) in [5, 5.41) is 12.6. The number of halogens is 1. The van der Waals surface area contributed by atoms with Crippen molar-refractivity contribution in [3.8, 4) is 5.75 Å². The van der Waals surface area contributed by atoms with E-state index in [1.807, 2.05) is 12.1 Å². The number of carbonyl (C=O) groups is 1. The van der Waals surface area contributed by atoms with Gasteiger partial charge in [0.1, 0.15) is 12.4 Å². The highest BCUT2D eigenvalue weighted by atomic mass is 35.5. The first-order valence-electron chi connectivity index (χ1n) is 6.11. The summed E-state index contributed by atoms with van der Waals surface area (Å²) in [7, 11) is 0. The number of nitrogens with one attached hydrogen (secondary N) is 1. The van der Waals surface area contributed by atoms with E-state index in [2.05, 4.69) is 5.32 Å². The van der Waals surface area contributed by atoms with Crippen LogP contribution < -0.4 is 10.1 Å². The maximum absolute atomic E-state index is 10.7. The molecule has 2 aromatic rings. The Hall–Kier alpha value is -2.20. The smallest absolute Gasteiger partial charge is 0.335 e. The Balaban J connectivity index is 1.75. The van der Waals surface area contributed by atoms with Crippen LogP contribution in [0, 0.1) is 0 Å². The summed E-state index contributed by atoms with van der Waals surface area (Å²) in [5.41, 5.74) is 1.13. The van der Waals surface area contributed by atoms with E-state index in [1.165, 1.54) is 0 Å². The molecule has 2 N–H and O–H groups in total. The Bertz CT molecular complexity index is 567. The second-order valence-electron chi connectivity index (χ2n) is 4.11. The van der Waals surface area contributed by atoms with Crippen LogP contribution in [0.2, 0.25) is 5.02 Å². The average Bonchev–Trinajstić information content (AvgIpc) is 2.46. The van der Waals surface area contributed by atoms with Gasteiger partial charge in [-0.15, -0.1) is 0 Å². The number of carboxylic acid groups (broad SMARTS) is 1. The average molecular weight is 292 g/mol. The molecular formula is C15H14ClNO3. The zero-order chi connectivity index (χ0) is 14.4. The molecule has 5 heteroatoms. The lowest BCUT2D eigenvalue weighted by atomic mass is 10.2. The molecule has 0 bridgehead atoms. The standard InChI is InChI=1S/C15H14ClNO3/c16-12-3-7-14(8-4-12)20-10-9-17-13-5-1-11(2-6-13)15(18)19/h1-8,17H,9-10H2,(H,18,19). The molecule has 0 saturated carbocycles. The van der Waals surface area contributed by atoms with Crippen molar-refractivity contribution in [3.05, 3.63) is 59.1 Å². The lowest BCUT2D eigenvalue weighted by Gasteiger charge is -2.08. The van der Waals surface area contributed by atoms with Crippen LogP contribution in [0.15, 0.2) is 48.5 Å². The molecule has 0 unspecified atom stereocenters. The predicted molar refractivity (Wildman–Crippen MR) is 78.8 cm³/mol. The SMILES string of the molecule is O=C(O)c1ccc(NCCOc2ccc(Cl)cc2)cc1. The summed E-state index contributed by atoms with van der Waals surface area (Å²) in [5.74, 6) is -0.167. The van der Waals surface area contributed by atoms with Gasteiger partial charge in [-0.05, 0) is 48.5 Å². The molecule has 20 heavy (non-hydrogen) atoms. The van der Waals surface area contributed by atoms with Gasteiger partial charge < -0.3 is 15.2 Å². The largest absolute Gasteiger partial charge is 0.492 e. The van der Waals surface area contributed by atoms with Crippen LogP contribution in [-0.4, -0.2) is 24.2 Å². The molecule has 0 fully saturated rings. The Kier molecular flexibility index (Phi) is 4.85. The third kappa shape index (κ3) is 4.17. The normalized spacial score (nSPS) is 10.1. The Morgan fingerprint density at radius 1 is 1.10 bits per heavy atom. The van der Waals surface area contributed by atoms with Crippen molar-refractivity contribution in [1.29, 1.82) is 0 Å². The highest BCUT2D eigenvalue weighted by Crippen LogP contribution is 2.15. The zero-order valence-electron chi connectivity index (χ0n) is 10.7. The van der Waals surface area contributed by atoms with Crippen LogP contribution in [0.5, 0.6) is 5.75 Å². The molecule has 104 valence electrons. The van der Waals surface area contributed by atoms with Crippen LogP contribution in [0.1, 0.15) is 10.4 Å². The Morgan fingerprint density at radius 3 is 2.35 bits per heavy atom. The predicted octanol–water partition coefficient (Wildman–Crippen LogP) is 3.53. The monoisotopic (exact) mass is 291 g/mol. The second kappa shape index (κ2) is 6.82. The van der Waals surface area contributed by atoms with Crippen LogP contribution in [0.25, 0.3) is 0 Å². The first kappa shape index (κ1) is 14.2. The third-order valence-corrected chi connectivity index (χ3v) is 2.90. The number of rotatable bonds is 6. The molecule has 0 aliphatic heterocycles. The molecule has 0 radical (unpaired) electrons. The quantitative estimate of drug-likeness (QED) is 0.799. The number of ether oxygens (including phenoxy) is 1. The fourth-order valence-electron chi connectivity index (χ4n) is 1.63. The fraction of sp³-hybridized carbons (Fsp3) is 0.133. The summed E-state index contributed by atoms with van der Waals surface area (Å²) in [6.45, 7) is 1.12. The zero-order valence-corrected chi connectivity index (χ0v) is 11.4. The molecular weight excluding hydrogens is 278 g/mol. The molecule has 0 heterocycles. The van der Waals surface area contributed by atoms with Gasteiger partial charge in [-0.25, -0.2) is 4.79 Å². The minimum Gasteiger partial charge on any atom is -0.492 e. The van der Waals surface area contributed by atoms with Crippen molar-refractivity contribution in [2.75, 3.05) is 18.5 Å². The molecule has 0 saturated heterocycles. The Morgan fingerprint density at radius 2 is 1.75 bits per heavy atom. The van der Waals surface area contributed by atoms with E-state index in [0.717, 1.165) is 11.4 Å². The molecule has 0 aliphatic rings. The molecule has 0 atom stereocenters. The number of benzene rings is 2. The minimum atomic E-state index is -0.928. The van der Waals surface area contributed by atoms with E-state index in [1.54, 1.807) is 36.4 Å². The van der Waals surface area contributed by atoms with Crippen LogP contribution in [-0.2, 0) is 0 Å². The van der Waals surface area contributed by atoms with Crippen molar-refractivity contribution in [3.63, 3.8) is 0 Å². The number of hydrogen-bond acceptors (Lipinski definition) is 3. The van der Waals surface area contributed by atoms with E-state index in [0.29, 0.717) is 18.2 Å². The topological polar surface area (TPSA) is 58.6 Å². The van der Waals surface area contributed by atoms with Crippen molar-refractivity contribution < 1.29 is 14.6 Å². The van der Waals surface area contributed by atoms with Gasteiger partial charge in [0.2, 0.25) is 0 Å². The molecule has 0 aliphatic carbocycles. The maximum atomic E-state index is 10.7. The minimum absolute atomic E-state index is 0.271. The van der Waals surface area contributed by atoms with Crippen LogP contribution >= 0.6 is 11.6 Å². The van der Waals surface area contributed by atoms with E-state index in [4.69, 9.17) is 21.4 Å². The molecule has 0 amide bonds. The molecule has 4 nitrogen and oxygen atoms in total. The van der Waals surface area contributed by atoms with E-state index < -0.39 is 5.97 Å². The van der Waals surface area contributed by atoms with Crippen molar-refractivity contribution >= 4 is 23.3 Å². The lowest BCUT2D eigenvalue weighted by Crippen LogP contribution is -2.11. The summed E-state index contributed by atoms with van der Waals surface area (Å²) in [6, 6.07) is 13.7. The molecule has 0 aromatic heterocycles. The van der Waals surface area contributed by atoms with Gasteiger partial charge in [0.05, 0.1) is 5.56 Å². The highest BCUT2D eigenvalue weighted by Gasteiger charge is 2.01. The van der Waals surface area contributed by atoms with Gasteiger partial charge in [0.25, 0.3) is 0 Å². The van der Waals surface area contributed by atoms with Crippen LogP contribution in [0.3, 0.4) is 0 Å². The summed E-state index contributed by atoms with van der Waals surface area (Å²) < 4.78 is 5.53. The van der Waals surface area contributed by atoms with Gasteiger partial charge in [-0.1, -0.05) is 11.6 Å². The first-order chi connectivity index (χ1) is 9.65. The van der Waals surface area contributed by atoms with E-state index >= 15 is 0 Å². The highest BCUT2D eigenvalue weighted by molar-refractivity contribution is 6.30. The van der Waals surface area contributed by atoms with Gasteiger partial charge >= 0.3 is 5.97 Å². The molecule has 2 rings (SSSR count).